The number of methoxy groups -OCH3 is 1. The molecule has 4 aromatic rings. The second kappa shape index (κ2) is 9.19. The maximum absolute atomic E-state index is 11.5. The summed E-state index contributed by atoms with van der Waals surface area (Å²) in [5.74, 6) is 2.58. The third kappa shape index (κ3) is 4.28. The molecule has 4 aromatic heterocycles. The van der Waals surface area contributed by atoms with Crippen LogP contribution in [0.15, 0.2) is 41.1 Å². The summed E-state index contributed by atoms with van der Waals surface area (Å²) in [6.07, 6.45) is 5.62. The smallest absolute Gasteiger partial charge is 0.231 e. The molecule has 1 aliphatic rings. The number of hydrogen-bond donors (Lipinski definition) is 0. The Bertz CT molecular complexity index is 1280. The maximum atomic E-state index is 11.5. The Morgan fingerprint density at radius 2 is 2.18 bits per heavy atom. The van der Waals surface area contributed by atoms with Crippen LogP contribution in [0.3, 0.4) is 0 Å². The number of carbonyl (C=O) groups is 1. The Balaban J connectivity index is 1.45. The number of Topliss-reactive ketones (excluding diaryl/α,β-unsaturated/α-hetero) is 1. The quantitative estimate of drug-likeness (QED) is 0.381. The van der Waals surface area contributed by atoms with E-state index in [0.29, 0.717) is 49.1 Å². The van der Waals surface area contributed by atoms with Crippen LogP contribution < -0.4 is 9.64 Å². The zero-order valence-corrected chi connectivity index (χ0v) is 18.9. The summed E-state index contributed by atoms with van der Waals surface area (Å²) in [7, 11) is 1.70. The number of anilines is 1. The number of aromatic nitrogens is 4. The molecular formula is C24H27N5O4. The van der Waals surface area contributed by atoms with Crippen LogP contribution in [0.25, 0.3) is 28.1 Å². The Kier molecular flexibility index (Phi) is 5.95. The van der Waals surface area contributed by atoms with Crippen LogP contribution in [0.4, 0.5) is 5.82 Å². The first-order chi connectivity index (χ1) is 16.2. The first-order valence-electron chi connectivity index (χ1n) is 11.3. The number of likely N-dealkylation sites (N-methyl/N-ethyl adjacent to an activating group) is 1. The lowest BCUT2D eigenvalue weighted by molar-refractivity contribution is -0.117. The highest BCUT2D eigenvalue weighted by Crippen LogP contribution is 2.33. The highest BCUT2D eigenvalue weighted by molar-refractivity contribution is 5.91. The third-order valence-electron chi connectivity index (χ3n) is 6.08. The molecule has 172 valence electrons. The lowest BCUT2D eigenvalue weighted by Gasteiger charge is -2.21. The summed E-state index contributed by atoms with van der Waals surface area (Å²) in [6, 6.07) is 7.51. The Morgan fingerprint density at radius 3 is 2.97 bits per heavy atom. The van der Waals surface area contributed by atoms with Gasteiger partial charge in [0.25, 0.3) is 0 Å². The van der Waals surface area contributed by atoms with E-state index in [1.54, 1.807) is 30.1 Å². The molecule has 1 atom stereocenters. The predicted octanol–water partition coefficient (Wildman–Crippen LogP) is 3.76. The van der Waals surface area contributed by atoms with E-state index >= 15 is 0 Å². The van der Waals surface area contributed by atoms with Crippen molar-refractivity contribution in [2.75, 3.05) is 38.3 Å². The van der Waals surface area contributed by atoms with E-state index in [4.69, 9.17) is 13.9 Å². The molecule has 0 amide bonds. The highest BCUT2D eigenvalue weighted by Gasteiger charge is 2.23. The van der Waals surface area contributed by atoms with Crippen LogP contribution in [-0.2, 0) is 9.53 Å². The molecule has 0 saturated heterocycles. The summed E-state index contributed by atoms with van der Waals surface area (Å²) in [4.78, 5) is 22.7. The van der Waals surface area contributed by atoms with Crippen LogP contribution in [0, 0.1) is 5.92 Å². The van der Waals surface area contributed by atoms with Gasteiger partial charge < -0.3 is 18.8 Å². The van der Waals surface area contributed by atoms with E-state index < -0.39 is 0 Å². The minimum atomic E-state index is 0.262. The molecule has 9 heteroatoms. The van der Waals surface area contributed by atoms with Gasteiger partial charge in [0.2, 0.25) is 5.88 Å². The number of hydrogen-bond acceptors (Lipinski definition) is 8. The van der Waals surface area contributed by atoms with Crippen LogP contribution in [-0.4, -0.2) is 58.8 Å². The van der Waals surface area contributed by atoms with Crippen molar-refractivity contribution in [3.05, 3.63) is 36.7 Å². The van der Waals surface area contributed by atoms with Crippen LogP contribution in [0.1, 0.15) is 26.2 Å². The molecule has 1 aliphatic carbocycles. The lowest BCUT2D eigenvalue weighted by atomic mass is 10.1. The van der Waals surface area contributed by atoms with Crippen LogP contribution >= 0.6 is 0 Å². The van der Waals surface area contributed by atoms with Crippen molar-refractivity contribution < 1.29 is 18.7 Å². The third-order valence-corrected chi connectivity index (χ3v) is 6.08. The highest BCUT2D eigenvalue weighted by atomic mass is 16.5. The fourth-order valence-electron chi connectivity index (χ4n) is 4.28. The molecule has 0 bridgehead atoms. The number of pyridine rings is 1. The Hall–Kier alpha value is -3.46. The molecule has 0 aliphatic heterocycles. The summed E-state index contributed by atoms with van der Waals surface area (Å²) in [5, 5.41) is 5.55. The van der Waals surface area contributed by atoms with Crippen molar-refractivity contribution in [3.63, 3.8) is 0 Å². The van der Waals surface area contributed by atoms with Gasteiger partial charge in [0.15, 0.2) is 11.4 Å². The number of carbonyl (C=O) groups excluding carboxylic acids is 1. The fourth-order valence-corrected chi connectivity index (χ4v) is 4.28. The average Bonchev–Trinajstić information content (AvgIpc) is 3.55. The van der Waals surface area contributed by atoms with E-state index in [9.17, 15) is 4.79 Å². The van der Waals surface area contributed by atoms with Gasteiger partial charge in [-0.3, -0.25) is 4.79 Å². The second-order valence-corrected chi connectivity index (χ2v) is 8.27. The molecule has 0 N–H and O–H groups in total. The molecule has 0 aromatic carbocycles. The van der Waals surface area contributed by atoms with E-state index in [-0.39, 0.29) is 5.92 Å². The van der Waals surface area contributed by atoms with E-state index in [1.165, 1.54) is 0 Å². The molecule has 9 nitrogen and oxygen atoms in total. The number of imidazole rings is 1. The normalized spacial score (nSPS) is 16.2. The second-order valence-electron chi connectivity index (χ2n) is 8.27. The number of ether oxygens (including phenoxy) is 2. The largest absolute Gasteiger partial charge is 0.476 e. The van der Waals surface area contributed by atoms with Gasteiger partial charge in [-0.05, 0) is 31.5 Å². The van der Waals surface area contributed by atoms with Gasteiger partial charge in [0.1, 0.15) is 22.9 Å². The van der Waals surface area contributed by atoms with Gasteiger partial charge in [-0.25, -0.2) is 14.5 Å². The Labute approximate surface area is 191 Å². The SMILES string of the molecule is CCN(CCOC)c1nccc2oc(-c3cnc4ccc(OC[C@H]5CCC(=O)C5)nn34)cc12. The summed E-state index contributed by atoms with van der Waals surface area (Å²) < 4.78 is 19.0. The molecule has 5 rings (SSSR count). The van der Waals surface area contributed by atoms with Gasteiger partial charge >= 0.3 is 0 Å². The van der Waals surface area contributed by atoms with Gasteiger partial charge in [0, 0.05) is 51.2 Å². The van der Waals surface area contributed by atoms with Crippen molar-refractivity contribution in [3.8, 4) is 17.3 Å². The van der Waals surface area contributed by atoms with Crippen LogP contribution in [0.2, 0.25) is 0 Å². The number of ketones is 1. The van der Waals surface area contributed by atoms with E-state index in [0.717, 1.165) is 42.0 Å². The van der Waals surface area contributed by atoms with Crippen molar-refractivity contribution in [1.82, 2.24) is 19.6 Å². The molecule has 1 saturated carbocycles. The zero-order chi connectivity index (χ0) is 22.8. The Morgan fingerprint density at radius 1 is 1.27 bits per heavy atom. The number of fused-ring (bicyclic) bond motifs is 2. The maximum Gasteiger partial charge on any atom is 0.231 e. The molecule has 0 unspecified atom stereocenters. The van der Waals surface area contributed by atoms with Crippen molar-refractivity contribution in [1.29, 1.82) is 0 Å². The minimum absolute atomic E-state index is 0.262. The van der Waals surface area contributed by atoms with Gasteiger partial charge in [0.05, 0.1) is 24.8 Å². The van der Waals surface area contributed by atoms with Crippen molar-refractivity contribution in [2.45, 2.75) is 26.2 Å². The minimum Gasteiger partial charge on any atom is -0.476 e. The monoisotopic (exact) mass is 449 g/mol. The molecule has 4 heterocycles. The van der Waals surface area contributed by atoms with E-state index in [2.05, 4.69) is 26.9 Å². The number of furan rings is 1. The van der Waals surface area contributed by atoms with Crippen LogP contribution in [0.5, 0.6) is 5.88 Å². The molecular weight excluding hydrogens is 422 g/mol. The van der Waals surface area contributed by atoms with Crippen molar-refractivity contribution in [2.24, 2.45) is 5.92 Å². The first kappa shape index (κ1) is 21.4. The fraction of sp³-hybridized carbons (Fsp3) is 0.417. The molecule has 0 spiro atoms. The number of nitrogens with zero attached hydrogens (tertiary/aromatic N) is 5. The molecule has 0 radical (unpaired) electrons. The lowest BCUT2D eigenvalue weighted by Crippen LogP contribution is -2.27. The summed E-state index contributed by atoms with van der Waals surface area (Å²) >= 11 is 0. The van der Waals surface area contributed by atoms with Gasteiger partial charge in [-0.15, -0.1) is 5.10 Å². The average molecular weight is 450 g/mol. The standard InChI is InChI=1S/C24H27N5O4/c1-3-28(10-11-31-2)24-18-13-21(33-20(18)8-9-25-24)19-14-26-22-6-7-23(27-29(19)22)32-15-16-4-5-17(30)12-16/h6-9,13-14,16H,3-5,10-12,15H2,1-2H3/t16-/m0/s1. The van der Waals surface area contributed by atoms with Gasteiger partial charge in [-0.2, -0.15) is 0 Å². The van der Waals surface area contributed by atoms with E-state index in [1.807, 2.05) is 18.2 Å². The first-order valence-corrected chi connectivity index (χ1v) is 11.3. The molecule has 1 fully saturated rings. The molecule has 33 heavy (non-hydrogen) atoms. The zero-order valence-electron chi connectivity index (χ0n) is 18.9. The van der Waals surface area contributed by atoms with Gasteiger partial charge in [-0.1, -0.05) is 0 Å². The summed E-state index contributed by atoms with van der Waals surface area (Å²) in [6.45, 7) is 4.74. The van der Waals surface area contributed by atoms with Crippen molar-refractivity contribution >= 4 is 28.2 Å². The summed E-state index contributed by atoms with van der Waals surface area (Å²) in [5.41, 5.74) is 2.18. The number of rotatable bonds is 9. The topological polar surface area (TPSA) is 95.0 Å². The predicted molar refractivity (Wildman–Crippen MR) is 124 cm³/mol.